The number of pyridine rings is 1. The van der Waals surface area contributed by atoms with Crippen molar-refractivity contribution in [3.8, 4) is 5.75 Å². The predicted molar refractivity (Wildman–Crippen MR) is 80.0 cm³/mol. The van der Waals surface area contributed by atoms with Gasteiger partial charge in [-0.1, -0.05) is 51.9 Å². The van der Waals surface area contributed by atoms with Gasteiger partial charge in [0.1, 0.15) is 10.4 Å². The van der Waals surface area contributed by atoms with Gasteiger partial charge >= 0.3 is 0 Å². The molecule has 0 unspecified atom stereocenters. The molecule has 0 radical (unpaired) electrons. The van der Waals surface area contributed by atoms with Gasteiger partial charge in [0.15, 0.2) is 0 Å². The third kappa shape index (κ3) is 7.70. The number of rotatable bonds is 10. The SMILES string of the molecule is CCCCCCCCCCOc1ccnc(Br)c1. The van der Waals surface area contributed by atoms with E-state index in [-0.39, 0.29) is 0 Å². The minimum Gasteiger partial charge on any atom is -0.493 e. The van der Waals surface area contributed by atoms with E-state index >= 15 is 0 Å². The highest BCUT2D eigenvalue weighted by atomic mass is 79.9. The molecular formula is C15H24BrNO. The molecule has 2 nitrogen and oxygen atoms in total. The topological polar surface area (TPSA) is 22.1 Å². The maximum absolute atomic E-state index is 5.66. The normalized spacial score (nSPS) is 10.6. The summed E-state index contributed by atoms with van der Waals surface area (Å²) in [5, 5.41) is 0. The van der Waals surface area contributed by atoms with E-state index in [0.29, 0.717) is 0 Å². The van der Waals surface area contributed by atoms with Crippen molar-refractivity contribution in [3.05, 3.63) is 22.9 Å². The molecule has 0 atom stereocenters. The van der Waals surface area contributed by atoms with Crippen LogP contribution in [0.1, 0.15) is 58.3 Å². The Morgan fingerprint density at radius 2 is 1.72 bits per heavy atom. The summed E-state index contributed by atoms with van der Waals surface area (Å²) in [5.74, 6) is 0.903. The highest BCUT2D eigenvalue weighted by Crippen LogP contribution is 2.15. The number of aromatic nitrogens is 1. The molecule has 0 fully saturated rings. The van der Waals surface area contributed by atoms with Crippen molar-refractivity contribution in [3.63, 3.8) is 0 Å². The van der Waals surface area contributed by atoms with Gasteiger partial charge in [-0.15, -0.1) is 0 Å². The van der Waals surface area contributed by atoms with Crippen molar-refractivity contribution in [2.75, 3.05) is 6.61 Å². The highest BCUT2D eigenvalue weighted by molar-refractivity contribution is 9.10. The number of hydrogen-bond donors (Lipinski definition) is 0. The van der Waals surface area contributed by atoms with Crippen molar-refractivity contribution in [1.29, 1.82) is 0 Å². The van der Waals surface area contributed by atoms with Crippen LogP contribution in [0.25, 0.3) is 0 Å². The standard InChI is InChI=1S/C15H24BrNO/c1-2-3-4-5-6-7-8-9-12-18-14-10-11-17-15(16)13-14/h10-11,13H,2-9,12H2,1H3. The van der Waals surface area contributed by atoms with Crippen LogP contribution in [0, 0.1) is 0 Å². The molecule has 0 aromatic carbocycles. The molecule has 0 spiro atoms. The molecule has 1 heterocycles. The van der Waals surface area contributed by atoms with Crippen LogP contribution in [0.4, 0.5) is 0 Å². The van der Waals surface area contributed by atoms with Gasteiger partial charge in [0.25, 0.3) is 0 Å². The monoisotopic (exact) mass is 313 g/mol. The molecule has 3 heteroatoms. The molecule has 1 aromatic heterocycles. The summed E-state index contributed by atoms with van der Waals surface area (Å²) < 4.78 is 6.49. The molecule has 1 aromatic rings. The third-order valence-electron chi connectivity index (χ3n) is 2.96. The van der Waals surface area contributed by atoms with Crippen LogP contribution >= 0.6 is 15.9 Å². The molecule has 0 N–H and O–H groups in total. The summed E-state index contributed by atoms with van der Waals surface area (Å²) in [5.41, 5.74) is 0. The van der Waals surface area contributed by atoms with Crippen molar-refractivity contribution in [2.24, 2.45) is 0 Å². The zero-order chi connectivity index (χ0) is 13.1. The first kappa shape index (κ1) is 15.5. The van der Waals surface area contributed by atoms with Crippen LogP contribution in [0.5, 0.6) is 5.75 Å². The lowest BCUT2D eigenvalue weighted by Gasteiger charge is -2.06. The lowest BCUT2D eigenvalue weighted by molar-refractivity contribution is 0.303. The second-order valence-corrected chi connectivity index (χ2v) is 5.45. The highest BCUT2D eigenvalue weighted by Gasteiger charge is 1.96. The average molecular weight is 314 g/mol. The maximum Gasteiger partial charge on any atom is 0.123 e. The Labute approximate surface area is 119 Å². The summed E-state index contributed by atoms with van der Waals surface area (Å²) in [6.07, 6.45) is 12.4. The van der Waals surface area contributed by atoms with Crippen LogP contribution in [0.15, 0.2) is 22.9 Å². The first-order valence-corrected chi connectivity index (χ1v) is 7.86. The Bertz CT molecular complexity index is 317. The summed E-state index contributed by atoms with van der Waals surface area (Å²) in [4.78, 5) is 4.07. The van der Waals surface area contributed by atoms with E-state index in [9.17, 15) is 0 Å². The van der Waals surface area contributed by atoms with E-state index in [1.54, 1.807) is 6.20 Å². The van der Waals surface area contributed by atoms with E-state index < -0.39 is 0 Å². The van der Waals surface area contributed by atoms with Crippen LogP contribution in [0.2, 0.25) is 0 Å². The van der Waals surface area contributed by atoms with E-state index in [2.05, 4.69) is 27.8 Å². The molecule has 0 aliphatic rings. The van der Waals surface area contributed by atoms with Gasteiger partial charge < -0.3 is 4.74 Å². The Hall–Kier alpha value is -0.570. The largest absolute Gasteiger partial charge is 0.493 e. The second-order valence-electron chi connectivity index (χ2n) is 4.64. The molecule has 102 valence electrons. The zero-order valence-electron chi connectivity index (χ0n) is 11.3. The molecule has 1 rings (SSSR count). The molecule has 0 saturated heterocycles. The summed E-state index contributed by atoms with van der Waals surface area (Å²) in [6, 6.07) is 3.81. The fourth-order valence-corrected chi connectivity index (χ4v) is 2.24. The number of nitrogens with zero attached hydrogens (tertiary/aromatic N) is 1. The summed E-state index contributed by atoms with van der Waals surface area (Å²) in [6.45, 7) is 3.07. The number of ether oxygens (including phenoxy) is 1. The van der Waals surface area contributed by atoms with E-state index in [4.69, 9.17) is 4.74 Å². The van der Waals surface area contributed by atoms with Gasteiger partial charge in [-0.05, 0) is 28.4 Å². The van der Waals surface area contributed by atoms with Crippen molar-refractivity contribution < 1.29 is 4.74 Å². The van der Waals surface area contributed by atoms with Crippen molar-refractivity contribution in [1.82, 2.24) is 4.98 Å². The van der Waals surface area contributed by atoms with Crippen LogP contribution in [0.3, 0.4) is 0 Å². The molecular weight excluding hydrogens is 290 g/mol. The van der Waals surface area contributed by atoms with E-state index in [0.717, 1.165) is 23.4 Å². The first-order valence-electron chi connectivity index (χ1n) is 7.07. The van der Waals surface area contributed by atoms with Crippen LogP contribution in [-0.4, -0.2) is 11.6 Å². The van der Waals surface area contributed by atoms with Crippen molar-refractivity contribution >= 4 is 15.9 Å². The van der Waals surface area contributed by atoms with Gasteiger partial charge in [0.05, 0.1) is 6.61 Å². The molecule has 0 aliphatic heterocycles. The first-order chi connectivity index (χ1) is 8.83. The van der Waals surface area contributed by atoms with Gasteiger partial charge in [0, 0.05) is 12.3 Å². The maximum atomic E-state index is 5.66. The van der Waals surface area contributed by atoms with Crippen LogP contribution < -0.4 is 4.74 Å². The second kappa shape index (κ2) is 10.4. The van der Waals surface area contributed by atoms with Gasteiger partial charge in [-0.2, -0.15) is 0 Å². The lowest BCUT2D eigenvalue weighted by Crippen LogP contribution is -1.97. The number of unbranched alkanes of at least 4 members (excludes halogenated alkanes) is 7. The summed E-state index contributed by atoms with van der Waals surface area (Å²) >= 11 is 3.33. The fraction of sp³-hybridized carbons (Fsp3) is 0.667. The number of halogens is 1. The molecule has 0 bridgehead atoms. The van der Waals surface area contributed by atoms with Gasteiger partial charge in [-0.25, -0.2) is 4.98 Å². The minimum absolute atomic E-state index is 0.811. The summed E-state index contributed by atoms with van der Waals surface area (Å²) in [7, 11) is 0. The Morgan fingerprint density at radius 3 is 2.39 bits per heavy atom. The molecule has 0 aliphatic carbocycles. The predicted octanol–water partition coefficient (Wildman–Crippen LogP) is 5.36. The molecule has 0 saturated carbocycles. The third-order valence-corrected chi connectivity index (χ3v) is 3.40. The van der Waals surface area contributed by atoms with E-state index in [1.165, 1.54) is 44.9 Å². The Kier molecular flexibility index (Phi) is 8.92. The Morgan fingerprint density at radius 1 is 1.06 bits per heavy atom. The smallest absolute Gasteiger partial charge is 0.123 e. The fourth-order valence-electron chi connectivity index (χ4n) is 1.90. The Balaban J connectivity index is 1.92. The minimum atomic E-state index is 0.811. The van der Waals surface area contributed by atoms with Crippen molar-refractivity contribution in [2.45, 2.75) is 58.3 Å². The lowest BCUT2D eigenvalue weighted by atomic mass is 10.1. The zero-order valence-corrected chi connectivity index (χ0v) is 12.9. The number of hydrogen-bond acceptors (Lipinski definition) is 2. The van der Waals surface area contributed by atoms with Gasteiger partial charge in [-0.3, -0.25) is 0 Å². The average Bonchev–Trinajstić information content (AvgIpc) is 2.37. The van der Waals surface area contributed by atoms with Crippen LogP contribution in [-0.2, 0) is 0 Å². The van der Waals surface area contributed by atoms with E-state index in [1.807, 2.05) is 12.1 Å². The quantitative estimate of drug-likeness (QED) is 0.428. The molecule has 18 heavy (non-hydrogen) atoms. The van der Waals surface area contributed by atoms with Gasteiger partial charge in [0.2, 0.25) is 0 Å². The molecule has 0 amide bonds.